The SMILES string of the molecule is C=CCNC(=NCC(C)(C)c1ccccc1F)NCC. The van der Waals surface area contributed by atoms with Crippen LogP contribution in [0.25, 0.3) is 0 Å². The van der Waals surface area contributed by atoms with Gasteiger partial charge >= 0.3 is 0 Å². The number of nitrogens with one attached hydrogen (secondary N) is 2. The Bertz CT molecular complexity index is 467. The molecule has 0 unspecified atom stereocenters. The van der Waals surface area contributed by atoms with E-state index in [0.29, 0.717) is 18.7 Å². The predicted molar refractivity (Wildman–Crippen MR) is 83.6 cm³/mol. The van der Waals surface area contributed by atoms with Crippen molar-refractivity contribution in [3.05, 3.63) is 48.3 Å². The van der Waals surface area contributed by atoms with Crippen molar-refractivity contribution < 1.29 is 4.39 Å². The molecule has 0 aliphatic rings. The lowest BCUT2D eigenvalue weighted by atomic mass is 9.84. The molecule has 0 spiro atoms. The van der Waals surface area contributed by atoms with E-state index in [-0.39, 0.29) is 11.2 Å². The Labute approximate surface area is 121 Å². The minimum atomic E-state index is -0.359. The highest BCUT2D eigenvalue weighted by Crippen LogP contribution is 2.25. The highest BCUT2D eigenvalue weighted by atomic mass is 19.1. The van der Waals surface area contributed by atoms with E-state index < -0.39 is 0 Å². The molecule has 0 aliphatic heterocycles. The number of hydrogen-bond donors (Lipinski definition) is 2. The zero-order valence-corrected chi connectivity index (χ0v) is 12.5. The van der Waals surface area contributed by atoms with Gasteiger partial charge in [0.1, 0.15) is 5.82 Å². The Morgan fingerprint density at radius 1 is 1.35 bits per heavy atom. The average Bonchev–Trinajstić information content (AvgIpc) is 2.42. The fourth-order valence-corrected chi connectivity index (χ4v) is 1.88. The lowest BCUT2D eigenvalue weighted by molar-refractivity contribution is 0.492. The van der Waals surface area contributed by atoms with Crippen LogP contribution in [0.4, 0.5) is 4.39 Å². The maximum absolute atomic E-state index is 13.9. The second-order valence-electron chi connectivity index (χ2n) is 5.23. The van der Waals surface area contributed by atoms with Crippen molar-refractivity contribution in [1.29, 1.82) is 0 Å². The number of halogens is 1. The van der Waals surface area contributed by atoms with Gasteiger partial charge in [-0.05, 0) is 18.6 Å². The number of rotatable bonds is 6. The van der Waals surface area contributed by atoms with Gasteiger partial charge in [0.25, 0.3) is 0 Å². The highest BCUT2D eigenvalue weighted by molar-refractivity contribution is 5.79. The maximum atomic E-state index is 13.9. The summed E-state index contributed by atoms with van der Waals surface area (Å²) in [6, 6.07) is 6.86. The van der Waals surface area contributed by atoms with E-state index in [4.69, 9.17) is 0 Å². The number of aliphatic imine (C=N–C) groups is 1. The lowest BCUT2D eigenvalue weighted by Crippen LogP contribution is -2.38. The van der Waals surface area contributed by atoms with E-state index in [1.165, 1.54) is 6.07 Å². The van der Waals surface area contributed by atoms with Gasteiger partial charge in [0.05, 0.1) is 6.54 Å². The number of guanidine groups is 1. The molecule has 3 nitrogen and oxygen atoms in total. The van der Waals surface area contributed by atoms with Crippen LogP contribution in [0.3, 0.4) is 0 Å². The molecular weight excluding hydrogens is 253 g/mol. The van der Waals surface area contributed by atoms with Gasteiger partial charge in [0.15, 0.2) is 5.96 Å². The summed E-state index contributed by atoms with van der Waals surface area (Å²) >= 11 is 0. The lowest BCUT2D eigenvalue weighted by Gasteiger charge is -2.24. The third-order valence-corrected chi connectivity index (χ3v) is 2.99. The average molecular weight is 277 g/mol. The van der Waals surface area contributed by atoms with Crippen molar-refractivity contribution in [2.75, 3.05) is 19.6 Å². The maximum Gasteiger partial charge on any atom is 0.191 e. The summed E-state index contributed by atoms with van der Waals surface area (Å²) in [4.78, 5) is 4.52. The topological polar surface area (TPSA) is 36.4 Å². The summed E-state index contributed by atoms with van der Waals surface area (Å²) in [6.45, 7) is 11.6. The van der Waals surface area contributed by atoms with Crippen LogP contribution in [0, 0.1) is 5.82 Å². The van der Waals surface area contributed by atoms with Crippen molar-refractivity contribution in [3.8, 4) is 0 Å². The van der Waals surface area contributed by atoms with Crippen LogP contribution < -0.4 is 10.6 Å². The van der Waals surface area contributed by atoms with Gasteiger partial charge in [-0.1, -0.05) is 38.1 Å². The van der Waals surface area contributed by atoms with Gasteiger partial charge in [-0.25, -0.2) is 4.39 Å². The third-order valence-electron chi connectivity index (χ3n) is 2.99. The van der Waals surface area contributed by atoms with E-state index >= 15 is 0 Å². The van der Waals surface area contributed by atoms with Gasteiger partial charge in [-0.2, -0.15) is 0 Å². The minimum Gasteiger partial charge on any atom is -0.357 e. The second-order valence-corrected chi connectivity index (χ2v) is 5.23. The van der Waals surface area contributed by atoms with E-state index in [1.54, 1.807) is 12.1 Å². The van der Waals surface area contributed by atoms with Gasteiger partial charge in [0, 0.05) is 18.5 Å². The first-order chi connectivity index (χ1) is 9.51. The van der Waals surface area contributed by atoms with Gasteiger partial charge in [0.2, 0.25) is 0 Å². The van der Waals surface area contributed by atoms with Crippen LogP contribution in [-0.2, 0) is 5.41 Å². The van der Waals surface area contributed by atoms with Crippen molar-refractivity contribution in [3.63, 3.8) is 0 Å². The molecular formula is C16H24FN3. The summed E-state index contributed by atoms with van der Waals surface area (Å²) in [6.07, 6.45) is 1.77. The zero-order valence-electron chi connectivity index (χ0n) is 12.5. The standard InChI is InChI=1S/C16H24FN3/c1-5-11-19-15(18-6-2)20-12-16(3,4)13-9-7-8-10-14(13)17/h5,7-10H,1,6,11-12H2,2-4H3,(H2,18,19,20). The van der Waals surface area contributed by atoms with Crippen molar-refractivity contribution in [1.82, 2.24) is 10.6 Å². The molecule has 0 bridgehead atoms. The zero-order chi connectivity index (χ0) is 15.0. The molecule has 1 aromatic rings. The number of nitrogens with zero attached hydrogens (tertiary/aromatic N) is 1. The summed E-state index contributed by atoms with van der Waals surface area (Å²) < 4.78 is 13.9. The molecule has 0 saturated carbocycles. The molecule has 0 amide bonds. The molecule has 0 saturated heterocycles. The van der Waals surface area contributed by atoms with Gasteiger partial charge in [-0.3, -0.25) is 4.99 Å². The quantitative estimate of drug-likeness (QED) is 0.476. The van der Waals surface area contributed by atoms with Crippen LogP contribution in [0.5, 0.6) is 0 Å². The summed E-state index contributed by atoms with van der Waals surface area (Å²) in [5, 5.41) is 6.29. The predicted octanol–water partition coefficient (Wildman–Crippen LogP) is 2.84. The molecule has 0 aromatic heterocycles. The molecule has 20 heavy (non-hydrogen) atoms. The first kappa shape index (κ1) is 16.2. The number of benzene rings is 1. The smallest absolute Gasteiger partial charge is 0.191 e. The molecule has 2 N–H and O–H groups in total. The van der Waals surface area contributed by atoms with Crippen LogP contribution in [0.2, 0.25) is 0 Å². The van der Waals surface area contributed by atoms with Crippen LogP contribution in [-0.4, -0.2) is 25.6 Å². The van der Waals surface area contributed by atoms with Crippen molar-refractivity contribution in [2.24, 2.45) is 4.99 Å². The third kappa shape index (κ3) is 4.68. The van der Waals surface area contributed by atoms with Gasteiger partial charge < -0.3 is 10.6 Å². The van der Waals surface area contributed by atoms with Crippen molar-refractivity contribution >= 4 is 5.96 Å². The van der Waals surface area contributed by atoms with E-state index in [1.807, 2.05) is 32.9 Å². The molecule has 0 aliphatic carbocycles. The van der Waals surface area contributed by atoms with Crippen molar-refractivity contribution in [2.45, 2.75) is 26.2 Å². The second kappa shape index (κ2) is 7.68. The largest absolute Gasteiger partial charge is 0.357 e. The summed E-state index contributed by atoms with van der Waals surface area (Å²) in [7, 11) is 0. The Hall–Kier alpha value is -1.84. The van der Waals surface area contributed by atoms with E-state index in [2.05, 4.69) is 22.2 Å². The fraction of sp³-hybridized carbons (Fsp3) is 0.438. The fourth-order valence-electron chi connectivity index (χ4n) is 1.88. The summed E-state index contributed by atoms with van der Waals surface area (Å²) in [5.74, 6) is 0.536. The minimum absolute atomic E-state index is 0.184. The Morgan fingerprint density at radius 2 is 2.05 bits per heavy atom. The summed E-state index contributed by atoms with van der Waals surface area (Å²) in [5.41, 5.74) is 0.324. The molecule has 4 heteroatoms. The first-order valence-electron chi connectivity index (χ1n) is 6.89. The molecule has 0 heterocycles. The van der Waals surface area contributed by atoms with Gasteiger partial charge in [-0.15, -0.1) is 6.58 Å². The Morgan fingerprint density at radius 3 is 2.65 bits per heavy atom. The molecule has 1 rings (SSSR count). The molecule has 0 atom stereocenters. The monoisotopic (exact) mass is 277 g/mol. The van der Waals surface area contributed by atoms with Crippen LogP contribution in [0.1, 0.15) is 26.3 Å². The van der Waals surface area contributed by atoms with Crippen LogP contribution >= 0.6 is 0 Å². The Kier molecular flexibility index (Phi) is 6.22. The Balaban J connectivity index is 2.83. The highest BCUT2D eigenvalue weighted by Gasteiger charge is 2.23. The van der Waals surface area contributed by atoms with E-state index in [9.17, 15) is 4.39 Å². The molecule has 0 radical (unpaired) electrons. The first-order valence-corrected chi connectivity index (χ1v) is 6.89. The number of hydrogen-bond acceptors (Lipinski definition) is 1. The van der Waals surface area contributed by atoms with E-state index in [0.717, 1.165) is 12.5 Å². The molecule has 110 valence electrons. The normalized spacial score (nSPS) is 12.1. The molecule has 0 fully saturated rings. The molecule has 1 aromatic carbocycles. The van der Waals surface area contributed by atoms with Crippen LogP contribution in [0.15, 0.2) is 41.9 Å².